The van der Waals surface area contributed by atoms with Gasteiger partial charge in [-0.3, -0.25) is 4.79 Å². The normalized spacial score (nSPS) is 28.2. The molecule has 4 nitrogen and oxygen atoms in total. The molecule has 0 spiro atoms. The van der Waals surface area contributed by atoms with E-state index in [-0.39, 0.29) is 29.7 Å². The first-order valence-corrected chi connectivity index (χ1v) is 12.1. The smallest absolute Gasteiger partial charge is 0.303 e. The van der Waals surface area contributed by atoms with Crippen molar-refractivity contribution in [1.82, 2.24) is 0 Å². The Labute approximate surface area is 191 Å². The molecule has 1 heterocycles. The zero-order valence-corrected chi connectivity index (χ0v) is 19.1. The van der Waals surface area contributed by atoms with Crippen LogP contribution in [-0.2, 0) is 14.9 Å². The number of allylic oxidation sites excluding steroid dienone is 2. The standard InChI is InChI=1S/C27H37FO4/c1-2-3-6-9-22(29)16-17-23-24(10-7-4-5-8-11-26(30)31)27(18-25(23)32-19-27)20-12-14-21(28)15-13-20/h4,7,12-17,22-25,29H,2-3,5-6,8-11,18-19H2,1H3,(H,30,31)/b7-4-,17-16+/t22-,23+,24+,25+,27+/m1/s1. The Balaban J connectivity index is 1.74. The molecule has 2 N–H and O–H groups in total. The molecule has 3 rings (SSSR count). The molecular formula is C27H37FO4. The number of hydrogen-bond acceptors (Lipinski definition) is 3. The van der Waals surface area contributed by atoms with Crippen molar-refractivity contribution in [1.29, 1.82) is 0 Å². The summed E-state index contributed by atoms with van der Waals surface area (Å²) < 4.78 is 19.7. The van der Waals surface area contributed by atoms with Gasteiger partial charge in [-0.2, -0.15) is 0 Å². The van der Waals surface area contributed by atoms with Crippen molar-refractivity contribution < 1.29 is 24.1 Å². The number of hydrogen-bond donors (Lipinski definition) is 2. The van der Waals surface area contributed by atoms with Gasteiger partial charge < -0.3 is 14.9 Å². The summed E-state index contributed by atoms with van der Waals surface area (Å²) >= 11 is 0. The maximum atomic E-state index is 13.6. The molecule has 2 fully saturated rings. The van der Waals surface area contributed by atoms with Gasteiger partial charge in [-0.1, -0.05) is 62.6 Å². The summed E-state index contributed by atoms with van der Waals surface area (Å²) in [5, 5.41) is 19.2. The van der Waals surface area contributed by atoms with E-state index in [4.69, 9.17) is 9.84 Å². The lowest BCUT2D eigenvalue weighted by molar-refractivity contribution is -0.137. The number of ether oxygens (including phenoxy) is 1. The van der Waals surface area contributed by atoms with Crippen molar-refractivity contribution in [2.75, 3.05) is 6.61 Å². The summed E-state index contributed by atoms with van der Waals surface area (Å²) in [6.45, 7) is 2.79. The van der Waals surface area contributed by atoms with Gasteiger partial charge in [0, 0.05) is 17.8 Å². The Morgan fingerprint density at radius 3 is 2.75 bits per heavy atom. The zero-order chi connectivity index (χ0) is 23.0. The second kappa shape index (κ2) is 11.8. The number of carbonyl (C=O) groups is 1. The van der Waals surface area contributed by atoms with Gasteiger partial charge in [0.1, 0.15) is 5.82 Å². The Kier molecular flexibility index (Phi) is 9.06. The van der Waals surface area contributed by atoms with Crippen LogP contribution in [0.5, 0.6) is 0 Å². The lowest BCUT2D eigenvalue weighted by Crippen LogP contribution is -2.39. The number of aliphatic hydroxyl groups excluding tert-OH is 1. The number of aliphatic hydroxyl groups is 1. The highest BCUT2D eigenvalue weighted by atomic mass is 19.1. The predicted octanol–water partition coefficient (Wildman–Crippen LogP) is 5.80. The van der Waals surface area contributed by atoms with E-state index in [1.165, 1.54) is 12.1 Å². The molecule has 1 aromatic rings. The van der Waals surface area contributed by atoms with Crippen molar-refractivity contribution in [2.45, 2.75) is 82.3 Å². The minimum absolute atomic E-state index is 0.101. The number of aliphatic carboxylic acids is 1. The van der Waals surface area contributed by atoms with Crippen LogP contribution in [0.15, 0.2) is 48.6 Å². The summed E-state index contributed by atoms with van der Waals surface area (Å²) in [6, 6.07) is 6.82. The van der Waals surface area contributed by atoms with Crippen LogP contribution >= 0.6 is 0 Å². The van der Waals surface area contributed by atoms with E-state index in [9.17, 15) is 14.3 Å². The van der Waals surface area contributed by atoms with Crippen LogP contribution in [0.2, 0.25) is 0 Å². The number of unbranched alkanes of at least 4 members (excludes halogenated alkanes) is 3. The summed E-state index contributed by atoms with van der Waals surface area (Å²) in [6.07, 6.45) is 15.4. The molecule has 5 atom stereocenters. The molecule has 0 aromatic heterocycles. The first kappa shape index (κ1) is 24.7. The van der Waals surface area contributed by atoms with Crippen LogP contribution in [0.25, 0.3) is 0 Å². The van der Waals surface area contributed by atoms with Gasteiger partial charge in [0.15, 0.2) is 0 Å². The van der Waals surface area contributed by atoms with Crippen LogP contribution in [0.4, 0.5) is 4.39 Å². The second-order valence-corrected chi connectivity index (χ2v) is 9.34. The largest absolute Gasteiger partial charge is 0.481 e. The highest BCUT2D eigenvalue weighted by molar-refractivity contribution is 5.66. The van der Waals surface area contributed by atoms with E-state index in [0.29, 0.717) is 18.9 Å². The molecule has 0 unspecified atom stereocenters. The highest BCUT2D eigenvalue weighted by Crippen LogP contribution is 2.57. The third-order valence-corrected chi connectivity index (χ3v) is 7.12. The van der Waals surface area contributed by atoms with Crippen LogP contribution in [0.3, 0.4) is 0 Å². The monoisotopic (exact) mass is 444 g/mol. The number of carboxylic acid groups (broad SMARTS) is 1. The first-order chi connectivity index (χ1) is 15.5. The van der Waals surface area contributed by atoms with Gasteiger partial charge in [-0.15, -0.1) is 0 Å². The van der Waals surface area contributed by atoms with Gasteiger partial charge in [0.2, 0.25) is 0 Å². The van der Waals surface area contributed by atoms with Crippen molar-refractivity contribution in [2.24, 2.45) is 11.8 Å². The van der Waals surface area contributed by atoms with Crippen molar-refractivity contribution in [3.63, 3.8) is 0 Å². The van der Waals surface area contributed by atoms with Crippen molar-refractivity contribution >= 4 is 5.97 Å². The predicted molar refractivity (Wildman–Crippen MR) is 124 cm³/mol. The first-order valence-electron chi connectivity index (χ1n) is 12.1. The molecule has 1 saturated heterocycles. The molecule has 1 aliphatic heterocycles. The lowest BCUT2D eigenvalue weighted by atomic mass is 9.69. The van der Waals surface area contributed by atoms with E-state index >= 15 is 0 Å². The average molecular weight is 445 g/mol. The van der Waals surface area contributed by atoms with Gasteiger partial charge in [-0.05, 0) is 55.7 Å². The van der Waals surface area contributed by atoms with Gasteiger partial charge in [-0.25, -0.2) is 4.39 Å². The van der Waals surface area contributed by atoms with Crippen LogP contribution < -0.4 is 0 Å². The Hall–Kier alpha value is -1.98. The quantitative estimate of drug-likeness (QED) is 0.298. The molecule has 176 valence electrons. The van der Waals surface area contributed by atoms with Crippen molar-refractivity contribution in [3.05, 3.63) is 60.0 Å². The summed E-state index contributed by atoms with van der Waals surface area (Å²) in [7, 11) is 0. The third kappa shape index (κ3) is 6.08. The SMILES string of the molecule is CCCCC[C@@H](O)/C=C/[C@@H]1[C@@H]2C[C@@](c3ccc(F)cc3)(CO2)[C@H]1C/C=C\CCCC(=O)O. The maximum absolute atomic E-state index is 13.6. The van der Waals surface area contributed by atoms with Gasteiger partial charge >= 0.3 is 5.97 Å². The molecule has 1 saturated carbocycles. The number of rotatable bonds is 13. The average Bonchev–Trinajstić information content (AvgIpc) is 3.33. The van der Waals surface area contributed by atoms with Crippen LogP contribution in [0.1, 0.15) is 70.3 Å². The van der Waals surface area contributed by atoms with Crippen molar-refractivity contribution in [3.8, 4) is 0 Å². The molecular weight excluding hydrogens is 407 g/mol. The van der Waals surface area contributed by atoms with E-state index in [1.54, 1.807) is 0 Å². The Morgan fingerprint density at radius 1 is 1.25 bits per heavy atom. The van der Waals surface area contributed by atoms with E-state index in [1.807, 2.05) is 18.2 Å². The van der Waals surface area contributed by atoms with Gasteiger partial charge in [0.05, 0.1) is 18.8 Å². The number of halogens is 1. The molecule has 0 radical (unpaired) electrons. The van der Waals surface area contributed by atoms with Crippen LogP contribution in [0, 0.1) is 17.7 Å². The van der Waals surface area contributed by atoms with Gasteiger partial charge in [0.25, 0.3) is 0 Å². The summed E-state index contributed by atoms with van der Waals surface area (Å²) in [5.74, 6) is -0.512. The molecule has 2 bridgehead atoms. The van der Waals surface area contributed by atoms with E-state index < -0.39 is 12.1 Å². The summed E-state index contributed by atoms with van der Waals surface area (Å²) in [5.41, 5.74) is 0.955. The number of fused-ring (bicyclic) bond motifs is 2. The fourth-order valence-electron chi connectivity index (χ4n) is 5.39. The molecule has 32 heavy (non-hydrogen) atoms. The van der Waals surface area contributed by atoms with Crippen LogP contribution in [-0.4, -0.2) is 35.0 Å². The minimum atomic E-state index is -0.762. The number of benzene rings is 1. The molecule has 2 aliphatic rings. The number of carboxylic acids is 1. The third-order valence-electron chi connectivity index (χ3n) is 7.12. The molecule has 1 aromatic carbocycles. The fraction of sp³-hybridized carbons (Fsp3) is 0.593. The molecule has 5 heteroatoms. The van der Waals surface area contributed by atoms with E-state index in [0.717, 1.165) is 50.5 Å². The molecule has 1 aliphatic carbocycles. The minimum Gasteiger partial charge on any atom is -0.481 e. The highest BCUT2D eigenvalue weighted by Gasteiger charge is 2.58. The Morgan fingerprint density at radius 2 is 2.03 bits per heavy atom. The fourth-order valence-corrected chi connectivity index (χ4v) is 5.39. The topological polar surface area (TPSA) is 66.8 Å². The summed E-state index contributed by atoms with van der Waals surface area (Å²) in [4.78, 5) is 10.7. The Bertz CT molecular complexity index is 787. The van der Waals surface area contributed by atoms with E-state index in [2.05, 4.69) is 25.2 Å². The molecule has 0 amide bonds. The zero-order valence-electron chi connectivity index (χ0n) is 19.1. The lowest BCUT2D eigenvalue weighted by Gasteiger charge is -2.38. The maximum Gasteiger partial charge on any atom is 0.303 e. The second-order valence-electron chi connectivity index (χ2n) is 9.34.